The third-order valence-electron chi connectivity index (χ3n) is 10.7. The minimum absolute atomic E-state index is 0.0997. The molecule has 50 heavy (non-hydrogen) atoms. The highest BCUT2D eigenvalue weighted by Crippen LogP contribution is 2.15. The molecule has 0 atom stereocenters. The van der Waals surface area contributed by atoms with Crippen molar-refractivity contribution < 1.29 is 28.0 Å². The normalized spacial score (nSPS) is 12.0. The molecule has 0 saturated heterocycles. The predicted octanol–water partition coefficient (Wildman–Crippen LogP) is 12.0. The Morgan fingerprint density at radius 2 is 0.560 bits per heavy atom. The van der Waals surface area contributed by atoms with Gasteiger partial charge in [-0.3, -0.25) is 9.59 Å². The van der Waals surface area contributed by atoms with Gasteiger partial charge in [-0.1, -0.05) is 168 Å². The van der Waals surface area contributed by atoms with Gasteiger partial charge in [-0.25, -0.2) is 0 Å². The molecule has 6 heteroatoms. The molecule has 0 aromatic carbocycles. The van der Waals surface area contributed by atoms with Crippen molar-refractivity contribution in [1.82, 2.24) is 0 Å². The van der Waals surface area contributed by atoms with Gasteiger partial charge in [-0.15, -0.1) is 0 Å². The number of rotatable bonds is 39. The second-order valence-electron chi connectivity index (χ2n) is 16.9. The maximum Gasteiger partial charge on any atom is 0.306 e. The van der Waals surface area contributed by atoms with Gasteiger partial charge in [0, 0.05) is 0 Å². The van der Waals surface area contributed by atoms with Crippen LogP contribution in [0.1, 0.15) is 206 Å². The molecule has 0 saturated carbocycles. The molecule has 0 amide bonds. The first-order chi connectivity index (χ1) is 24.1. The summed E-state index contributed by atoms with van der Waals surface area (Å²) in [6, 6.07) is 0. The van der Waals surface area contributed by atoms with Crippen molar-refractivity contribution in [3.05, 3.63) is 0 Å². The first-order valence-electron chi connectivity index (χ1n) is 22.1. The fourth-order valence-electron chi connectivity index (χ4n) is 6.85. The van der Waals surface area contributed by atoms with Gasteiger partial charge in [0.15, 0.2) is 0 Å². The van der Waals surface area contributed by atoms with Crippen molar-refractivity contribution >= 4 is 11.9 Å². The fourth-order valence-corrected chi connectivity index (χ4v) is 6.85. The van der Waals surface area contributed by atoms with E-state index in [1.54, 1.807) is 0 Å². The number of nitrogens with zero attached hydrogens (tertiary/aromatic N) is 2. The van der Waals surface area contributed by atoms with E-state index in [1.165, 1.54) is 180 Å². The van der Waals surface area contributed by atoms with Crippen molar-refractivity contribution in [2.75, 3.05) is 67.6 Å². The van der Waals surface area contributed by atoms with Gasteiger partial charge in [0.25, 0.3) is 0 Å². The quantitative estimate of drug-likeness (QED) is 0.0362. The molecule has 0 N–H and O–H groups in total. The summed E-state index contributed by atoms with van der Waals surface area (Å²) in [5.74, 6) is -0.597. The second kappa shape index (κ2) is 34.9. The van der Waals surface area contributed by atoms with E-state index in [-0.39, 0.29) is 24.8 Å². The topological polar surface area (TPSA) is 52.6 Å². The summed E-state index contributed by atoms with van der Waals surface area (Å²) in [6.45, 7) is 9.21. The van der Waals surface area contributed by atoms with Crippen LogP contribution in [0.3, 0.4) is 0 Å². The Bertz CT molecular complexity index is 692. The summed E-state index contributed by atoms with van der Waals surface area (Å²) in [7, 11) is 8.86. The summed E-state index contributed by atoms with van der Waals surface area (Å²) in [5.41, 5.74) is 0. The van der Waals surface area contributed by atoms with Gasteiger partial charge < -0.3 is 18.4 Å². The van der Waals surface area contributed by atoms with Crippen molar-refractivity contribution in [3.63, 3.8) is 0 Å². The first-order valence-corrected chi connectivity index (χ1v) is 22.1. The second-order valence-corrected chi connectivity index (χ2v) is 16.9. The molecule has 0 aliphatic rings. The highest BCUT2D eigenvalue weighted by Gasteiger charge is 2.18. The summed E-state index contributed by atoms with van der Waals surface area (Å²) in [4.78, 5) is 24.5. The average molecular weight is 711 g/mol. The lowest BCUT2D eigenvalue weighted by Crippen LogP contribution is -2.43. The molecule has 0 aliphatic carbocycles. The van der Waals surface area contributed by atoms with Crippen molar-refractivity contribution in [2.45, 2.75) is 206 Å². The summed E-state index contributed by atoms with van der Waals surface area (Å²) in [6.07, 6.45) is 38.7. The van der Waals surface area contributed by atoms with E-state index in [0.29, 0.717) is 13.2 Å². The number of carbonyl (C=O) groups excluding carboxylic acids is 2. The molecule has 0 aromatic heterocycles. The van der Waals surface area contributed by atoms with E-state index in [4.69, 9.17) is 9.47 Å². The number of ether oxygens (including phenoxy) is 2. The van der Waals surface area contributed by atoms with Crippen LogP contribution in [0.5, 0.6) is 0 Å². The monoisotopic (exact) mass is 711 g/mol. The zero-order chi connectivity index (χ0) is 37.0. The lowest BCUT2D eigenvalue weighted by atomic mass is 10.0. The highest BCUT2D eigenvalue weighted by atomic mass is 16.5. The van der Waals surface area contributed by atoms with Crippen molar-refractivity contribution in [2.24, 2.45) is 0 Å². The Morgan fingerprint density at radius 1 is 0.340 bits per heavy atom. The Kier molecular flexibility index (Phi) is 34.1. The maximum atomic E-state index is 12.2. The largest absolute Gasteiger partial charge is 0.460 e. The molecule has 0 aromatic rings. The minimum atomic E-state index is -0.299. The van der Waals surface area contributed by atoms with Crippen LogP contribution in [0.4, 0.5) is 0 Å². The smallest absolute Gasteiger partial charge is 0.306 e. The molecule has 0 unspecified atom stereocenters. The number of hydrogen-bond donors (Lipinski definition) is 0. The van der Waals surface area contributed by atoms with Crippen LogP contribution < -0.4 is 0 Å². The summed E-state index contributed by atoms with van der Waals surface area (Å²) in [5, 5.41) is 0. The Labute approximate surface area is 313 Å². The molecule has 0 rings (SSSR count). The Hall–Kier alpha value is -1.14. The highest BCUT2D eigenvalue weighted by molar-refractivity contribution is 5.77. The van der Waals surface area contributed by atoms with E-state index in [0.717, 1.165) is 35.1 Å². The van der Waals surface area contributed by atoms with Crippen LogP contribution in [-0.4, -0.2) is 88.5 Å². The van der Waals surface area contributed by atoms with Crippen LogP contribution in [0, 0.1) is 0 Å². The molecule has 0 aliphatic heterocycles. The number of hydrogen-bond acceptors (Lipinski definition) is 4. The van der Waals surface area contributed by atoms with Crippen LogP contribution >= 0.6 is 0 Å². The van der Waals surface area contributed by atoms with Gasteiger partial charge in [0.1, 0.15) is 26.3 Å². The third-order valence-corrected chi connectivity index (χ3v) is 10.7. The molecule has 0 radical (unpaired) electrons. The first kappa shape index (κ1) is 48.9. The minimum Gasteiger partial charge on any atom is -0.460 e. The van der Waals surface area contributed by atoms with E-state index in [1.807, 2.05) is 0 Å². The van der Waals surface area contributed by atoms with Gasteiger partial charge in [0.05, 0.1) is 54.1 Å². The number of carbonyl (C=O) groups is 2. The maximum absolute atomic E-state index is 12.2. The lowest BCUT2D eigenvalue weighted by molar-refractivity contribution is -0.890. The summed E-state index contributed by atoms with van der Waals surface area (Å²) < 4.78 is 12.6. The summed E-state index contributed by atoms with van der Waals surface area (Å²) >= 11 is 0. The zero-order valence-electron chi connectivity index (χ0n) is 35.0. The number of likely N-dealkylation sites (N-methyl/N-ethyl adjacent to an activating group) is 2. The predicted molar refractivity (Wildman–Crippen MR) is 215 cm³/mol. The standard InChI is InChI=1S/C44H90N2O4/c1-7-9-11-13-15-17-19-21-23-25-27-29-31-33-37-45(3,4)39-41-49-43(47)35-36-44(48)50-42-40-46(5,6)38-34-32-30-28-26-24-22-20-18-16-14-12-10-8-2/h7-42H2,1-6H3/q+2. The molecule has 0 bridgehead atoms. The Balaban J connectivity index is 3.66. The molecule has 0 heterocycles. The van der Waals surface area contributed by atoms with E-state index in [9.17, 15) is 9.59 Å². The number of unbranched alkanes of at least 4 members (excludes halogenated alkanes) is 26. The van der Waals surface area contributed by atoms with Crippen molar-refractivity contribution in [3.8, 4) is 0 Å². The molecule has 0 fully saturated rings. The zero-order valence-corrected chi connectivity index (χ0v) is 35.0. The fraction of sp³-hybridized carbons (Fsp3) is 0.955. The SMILES string of the molecule is CCCCCCCCCCCCCCCC[N+](C)(C)CCOC(=O)CCC(=O)OCC[N+](C)(C)CCCCCCCCCCCCCCCC. The molecular formula is C44H90N2O4+2. The van der Waals surface area contributed by atoms with Gasteiger partial charge in [0.2, 0.25) is 0 Å². The van der Waals surface area contributed by atoms with Gasteiger partial charge >= 0.3 is 11.9 Å². The van der Waals surface area contributed by atoms with Crippen LogP contribution in [0.25, 0.3) is 0 Å². The van der Waals surface area contributed by atoms with Gasteiger partial charge in [-0.2, -0.15) is 0 Å². The average Bonchev–Trinajstić information content (AvgIpc) is 3.07. The molecule has 6 nitrogen and oxygen atoms in total. The number of quaternary nitrogens is 2. The van der Waals surface area contributed by atoms with E-state index in [2.05, 4.69) is 42.0 Å². The molecule has 298 valence electrons. The van der Waals surface area contributed by atoms with Gasteiger partial charge in [-0.05, 0) is 25.7 Å². The molecule has 0 spiro atoms. The molecular weight excluding hydrogens is 620 g/mol. The Morgan fingerprint density at radius 3 is 0.800 bits per heavy atom. The van der Waals surface area contributed by atoms with Crippen LogP contribution in [0.15, 0.2) is 0 Å². The van der Waals surface area contributed by atoms with E-state index < -0.39 is 0 Å². The lowest BCUT2D eigenvalue weighted by Gasteiger charge is -2.29. The third kappa shape index (κ3) is 36.6. The number of esters is 2. The van der Waals surface area contributed by atoms with Crippen LogP contribution in [-0.2, 0) is 19.1 Å². The van der Waals surface area contributed by atoms with Crippen LogP contribution in [0.2, 0.25) is 0 Å². The van der Waals surface area contributed by atoms with Crippen molar-refractivity contribution in [1.29, 1.82) is 0 Å². The van der Waals surface area contributed by atoms with E-state index >= 15 is 0 Å².